The molecule has 5 N–H and O–H groups in total. The summed E-state index contributed by atoms with van der Waals surface area (Å²) in [4.78, 5) is 31.9. The minimum absolute atomic E-state index is 0.0849. The molecule has 1 aliphatic heterocycles. The molecule has 2 fully saturated rings. The predicted molar refractivity (Wildman–Crippen MR) is 87.9 cm³/mol. The number of aromatic nitrogens is 4. The molecule has 25 heavy (non-hydrogen) atoms. The molecular weight excluding hydrogens is 330 g/mol. The summed E-state index contributed by atoms with van der Waals surface area (Å²) in [5.41, 5.74) is 4.88. The van der Waals surface area contributed by atoms with E-state index in [9.17, 15) is 19.8 Å². The molecular formula is C15H21N5O5. The number of ether oxygens (including phenoxy) is 1. The van der Waals surface area contributed by atoms with Gasteiger partial charge in [-0.05, 0) is 18.8 Å². The molecule has 136 valence electrons. The Hall–Kier alpha value is -2.17. The van der Waals surface area contributed by atoms with Gasteiger partial charge >= 0.3 is 5.69 Å². The summed E-state index contributed by atoms with van der Waals surface area (Å²) in [6.45, 7) is 1.87. The number of imidazole rings is 1. The van der Waals surface area contributed by atoms with Crippen LogP contribution < -0.4 is 17.0 Å². The normalized spacial score (nSPS) is 29.6. The van der Waals surface area contributed by atoms with Gasteiger partial charge in [-0.1, -0.05) is 6.92 Å². The first-order valence-electron chi connectivity index (χ1n) is 8.37. The van der Waals surface area contributed by atoms with Crippen LogP contribution in [0.1, 0.15) is 26.0 Å². The maximum Gasteiger partial charge on any atom is 0.332 e. The molecule has 3 heterocycles. The highest BCUT2D eigenvalue weighted by Gasteiger charge is 2.43. The number of anilines is 1. The van der Waals surface area contributed by atoms with Gasteiger partial charge in [0, 0.05) is 12.5 Å². The van der Waals surface area contributed by atoms with Crippen molar-refractivity contribution in [2.24, 2.45) is 11.8 Å². The van der Waals surface area contributed by atoms with Crippen LogP contribution >= 0.6 is 0 Å². The summed E-state index contributed by atoms with van der Waals surface area (Å²) >= 11 is 0. The molecule has 0 unspecified atom stereocenters. The van der Waals surface area contributed by atoms with Crippen molar-refractivity contribution in [3.05, 3.63) is 20.8 Å². The lowest BCUT2D eigenvalue weighted by Gasteiger charge is -2.16. The van der Waals surface area contributed by atoms with E-state index in [-0.39, 0.29) is 29.6 Å². The van der Waals surface area contributed by atoms with E-state index < -0.39 is 29.7 Å². The van der Waals surface area contributed by atoms with Gasteiger partial charge in [-0.2, -0.15) is 4.98 Å². The average Bonchev–Trinajstić information content (AvgIpc) is 3.28. The first kappa shape index (κ1) is 16.3. The summed E-state index contributed by atoms with van der Waals surface area (Å²) in [5, 5.41) is 19.9. The number of nitrogen functional groups attached to an aromatic ring is 1. The van der Waals surface area contributed by atoms with Gasteiger partial charge in [-0.3, -0.25) is 14.3 Å². The first-order valence-corrected chi connectivity index (χ1v) is 8.37. The Morgan fingerprint density at radius 2 is 2.12 bits per heavy atom. The fourth-order valence-corrected chi connectivity index (χ4v) is 3.44. The number of nitrogens with two attached hydrogens (primary N) is 1. The van der Waals surface area contributed by atoms with E-state index in [1.54, 1.807) is 6.92 Å². The van der Waals surface area contributed by atoms with Gasteiger partial charge in [0.2, 0.25) is 5.95 Å². The van der Waals surface area contributed by atoms with Gasteiger partial charge in [0.15, 0.2) is 17.4 Å². The lowest BCUT2D eigenvalue weighted by molar-refractivity contribution is -0.0510. The monoisotopic (exact) mass is 351 g/mol. The zero-order chi connectivity index (χ0) is 17.9. The van der Waals surface area contributed by atoms with Crippen molar-refractivity contribution < 1.29 is 14.9 Å². The van der Waals surface area contributed by atoms with Gasteiger partial charge in [0.1, 0.15) is 6.10 Å². The second-order valence-corrected chi connectivity index (χ2v) is 6.93. The molecule has 2 aromatic rings. The molecule has 1 saturated carbocycles. The van der Waals surface area contributed by atoms with Crippen molar-refractivity contribution in [1.29, 1.82) is 0 Å². The highest BCUT2D eigenvalue weighted by molar-refractivity contribution is 5.71. The van der Waals surface area contributed by atoms with E-state index in [0.717, 1.165) is 12.8 Å². The smallest absolute Gasteiger partial charge is 0.332 e. The van der Waals surface area contributed by atoms with Crippen molar-refractivity contribution >= 4 is 17.1 Å². The molecule has 0 spiro atoms. The maximum atomic E-state index is 13.0. The maximum absolute atomic E-state index is 13.0. The van der Waals surface area contributed by atoms with Gasteiger partial charge < -0.3 is 20.7 Å². The second-order valence-electron chi connectivity index (χ2n) is 6.93. The van der Waals surface area contributed by atoms with Gasteiger partial charge in [0.05, 0.1) is 12.7 Å². The first-order chi connectivity index (χ1) is 11.9. The van der Waals surface area contributed by atoms with Crippen LogP contribution in [-0.4, -0.2) is 48.1 Å². The number of aromatic amines is 1. The summed E-state index contributed by atoms with van der Waals surface area (Å²) in [7, 11) is 0. The lowest BCUT2D eigenvalue weighted by atomic mass is 10.0. The molecule has 1 aliphatic carbocycles. The van der Waals surface area contributed by atoms with Crippen LogP contribution in [0.4, 0.5) is 5.95 Å². The van der Waals surface area contributed by atoms with Crippen molar-refractivity contribution in [2.45, 2.75) is 44.7 Å². The Bertz CT molecular complexity index is 927. The van der Waals surface area contributed by atoms with Crippen molar-refractivity contribution in [3.8, 4) is 0 Å². The van der Waals surface area contributed by atoms with Crippen molar-refractivity contribution in [3.63, 3.8) is 0 Å². The molecule has 0 radical (unpaired) electrons. The summed E-state index contributed by atoms with van der Waals surface area (Å²) in [5.74, 6) is -0.135. The Kier molecular flexibility index (Phi) is 3.71. The summed E-state index contributed by atoms with van der Waals surface area (Å²) < 4.78 is 8.24. The standard InChI is InChI=1S/C15H21N5O5/c1-6-8(5-21)25-13(10(6)22)20-11-9(12(23)18-14(16)17-11)19(15(20)24)4-7-2-3-7/h6-8,10,13,21-22H,2-5H2,1H3,(H3,16,17,18,23)/t6-,8+,10+,13+/m0/s1. The van der Waals surface area contributed by atoms with Gasteiger partial charge in [-0.15, -0.1) is 0 Å². The van der Waals surface area contributed by atoms with E-state index in [0.29, 0.717) is 12.5 Å². The van der Waals surface area contributed by atoms with E-state index in [1.165, 1.54) is 9.13 Å². The summed E-state index contributed by atoms with van der Waals surface area (Å²) in [6.07, 6.45) is -0.640. The fraction of sp³-hybridized carbons (Fsp3) is 0.667. The number of aliphatic hydroxyl groups is 2. The highest BCUT2D eigenvalue weighted by atomic mass is 16.5. The predicted octanol–water partition coefficient (Wildman–Crippen LogP) is -1.23. The summed E-state index contributed by atoms with van der Waals surface area (Å²) in [6, 6.07) is 0. The molecule has 4 rings (SSSR count). The Balaban J connectivity index is 1.93. The molecule has 10 heteroatoms. The van der Waals surface area contributed by atoms with Crippen LogP contribution in [0.25, 0.3) is 11.2 Å². The number of fused-ring (bicyclic) bond motifs is 1. The highest BCUT2D eigenvalue weighted by Crippen LogP contribution is 2.35. The van der Waals surface area contributed by atoms with Crippen LogP contribution in [0.3, 0.4) is 0 Å². The van der Waals surface area contributed by atoms with Gasteiger partial charge in [-0.25, -0.2) is 9.36 Å². The number of hydrogen-bond acceptors (Lipinski definition) is 7. The Morgan fingerprint density at radius 3 is 2.72 bits per heavy atom. The average molecular weight is 351 g/mol. The number of nitrogens with zero attached hydrogens (tertiary/aromatic N) is 3. The quantitative estimate of drug-likeness (QED) is 0.538. The second kappa shape index (κ2) is 5.68. The minimum atomic E-state index is -1.03. The number of nitrogens with one attached hydrogen (secondary N) is 1. The third-order valence-corrected chi connectivity index (χ3v) is 5.13. The Morgan fingerprint density at radius 1 is 1.40 bits per heavy atom. The van der Waals surface area contributed by atoms with Crippen LogP contribution in [0.15, 0.2) is 9.59 Å². The van der Waals surface area contributed by atoms with Crippen LogP contribution in [0.5, 0.6) is 0 Å². The molecule has 0 aromatic carbocycles. The zero-order valence-electron chi connectivity index (χ0n) is 13.8. The molecule has 0 amide bonds. The third-order valence-electron chi connectivity index (χ3n) is 5.13. The number of H-pyrrole nitrogens is 1. The third kappa shape index (κ3) is 2.48. The van der Waals surface area contributed by atoms with E-state index in [2.05, 4.69) is 9.97 Å². The number of hydrogen-bond donors (Lipinski definition) is 4. The van der Waals surface area contributed by atoms with Crippen LogP contribution in [-0.2, 0) is 11.3 Å². The molecule has 2 aromatic heterocycles. The van der Waals surface area contributed by atoms with E-state index in [1.807, 2.05) is 0 Å². The lowest BCUT2D eigenvalue weighted by Crippen LogP contribution is -2.33. The van der Waals surface area contributed by atoms with E-state index >= 15 is 0 Å². The minimum Gasteiger partial charge on any atom is -0.394 e. The SMILES string of the molecule is C[C@@H]1[C@@H](O)[C@H](n2c(=O)n(CC3CC3)c3c(=O)[nH]c(N)nc32)O[C@@H]1CO. The number of aliphatic hydroxyl groups excluding tert-OH is 2. The van der Waals surface area contributed by atoms with Crippen LogP contribution in [0, 0.1) is 11.8 Å². The van der Waals surface area contributed by atoms with Crippen molar-refractivity contribution in [2.75, 3.05) is 12.3 Å². The Labute approximate surface area is 141 Å². The topological polar surface area (TPSA) is 148 Å². The van der Waals surface area contributed by atoms with Crippen LogP contribution in [0.2, 0.25) is 0 Å². The molecule has 10 nitrogen and oxygen atoms in total. The number of rotatable bonds is 4. The van der Waals surface area contributed by atoms with E-state index in [4.69, 9.17) is 10.5 Å². The van der Waals surface area contributed by atoms with Crippen molar-refractivity contribution in [1.82, 2.24) is 19.1 Å². The largest absolute Gasteiger partial charge is 0.394 e. The molecule has 0 bridgehead atoms. The molecule has 1 saturated heterocycles. The molecule has 2 aliphatic rings. The fourth-order valence-electron chi connectivity index (χ4n) is 3.44. The molecule has 4 atom stereocenters. The zero-order valence-corrected chi connectivity index (χ0v) is 13.8. The van der Waals surface area contributed by atoms with Gasteiger partial charge in [0.25, 0.3) is 5.56 Å².